The molecule has 2 aromatic rings. The van der Waals surface area contributed by atoms with E-state index < -0.39 is 0 Å². The molecule has 5 nitrogen and oxygen atoms in total. The van der Waals surface area contributed by atoms with Crippen LogP contribution in [-0.2, 0) is 4.79 Å². The van der Waals surface area contributed by atoms with E-state index in [4.69, 9.17) is 27.5 Å². The first-order valence-corrected chi connectivity index (χ1v) is 10.5. The average Bonchev–Trinajstić information content (AvgIpc) is 3.04. The number of benzene rings is 2. The molecule has 0 aromatic heterocycles. The van der Waals surface area contributed by atoms with E-state index in [1.807, 2.05) is 39.0 Å². The summed E-state index contributed by atoms with van der Waals surface area (Å²) in [6.45, 7) is 6.41. The lowest BCUT2D eigenvalue weighted by atomic mass is 10.1. The van der Waals surface area contributed by atoms with E-state index in [2.05, 4.69) is 16.2 Å². The van der Waals surface area contributed by atoms with Crippen molar-refractivity contribution in [2.24, 2.45) is 4.99 Å². The van der Waals surface area contributed by atoms with Gasteiger partial charge in [-0.15, -0.1) is 6.42 Å². The normalized spacial score (nSPS) is 15.9. The molecule has 1 amide bonds. The van der Waals surface area contributed by atoms with Gasteiger partial charge in [-0.2, -0.15) is 0 Å². The van der Waals surface area contributed by atoms with E-state index in [0.717, 1.165) is 16.8 Å². The van der Waals surface area contributed by atoms with Gasteiger partial charge < -0.3 is 14.8 Å². The molecule has 1 fully saturated rings. The van der Waals surface area contributed by atoms with Crippen LogP contribution in [0.1, 0.15) is 23.6 Å². The number of nitrogens with zero attached hydrogens (tertiary/aromatic N) is 1. The minimum atomic E-state index is -0.217. The lowest BCUT2D eigenvalue weighted by Crippen LogP contribution is -2.19. The first-order chi connectivity index (χ1) is 14.4. The van der Waals surface area contributed by atoms with E-state index in [1.165, 1.54) is 11.8 Å². The number of ether oxygens (including phenoxy) is 2. The number of hydrogen-bond donors (Lipinski definition) is 1. The second-order valence-electron chi connectivity index (χ2n) is 6.46. The molecular weight excluding hydrogens is 420 g/mol. The molecule has 1 heterocycles. The second kappa shape index (κ2) is 9.75. The monoisotopic (exact) mass is 440 g/mol. The Kier molecular flexibility index (Phi) is 7.09. The highest BCUT2D eigenvalue weighted by atomic mass is 35.5. The molecule has 3 rings (SSSR count). The summed E-state index contributed by atoms with van der Waals surface area (Å²) < 4.78 is 11.1. The van der Waals surface area contributed by atoms with Crippen LogP contribution in [0.15, 0.2) is 40.2 Å². The first kappa shape index (κ1) is 21.8. The van der Waals surface area contributed by atoms with Crippen molar-refractivity contribution in [3.63, 3.8) is 0 Å². The van der Waals surface area contributed by atoms with Crippen LogP contribution in [0.4, 0.5) is 5.69 Å². The number of nitrogens with one attached hydrogen (secondary N) is 1. The molecule has 0 aliphatic carbocycles. The maximum absolute atomic E-state index is 12.4. The Hall–Kier alpha value is -2.88. The van der Waals surface area contributed by atoms with Gasteiger partial charge in [0, 0.05) is 0 Å². The minimum Gasteiger partial charge on any atom is -0.490 e. The number of halogens is 1. The molecule has 0 unspecified atom stereocenters. The number of hydrogen-bond acceptors (Lipinski definition) is 5. The zero-order chi connectivity index (χ0) is 21.7. The Bertz CT molecular complexity index is 1090. The lowest BCUT2D eigenvalue weighted by molar-refractivity contribution is -0.115. The summed E-state index contributed by atoms with van der Waals surface area (Å²) in [6, 6.07) is 9.37. The van der Waals surface area contributed by atoms with Crippen molar-refractivity contribution in [3.05, 3.63) is 56.9 Å². The molecule has 7 heteroatoms. The minimum absolute atomic E-state index is 0.0800. The van der Waals surface area contributed by atoms with Gasteiger partial charge in [0.25, 0.3) is 5.91 Å². The van der Waals surface area contributed by atoms with Crippen LogP contribution >= 0.6 is 23.4 Å². The number of amidine groups is 1. The highest BCUT2D eigenvalue weighted by Crippen LogP contribution is 2.38. The standard InChI is InChI=1S/C23H21ClN2O3S/c1-5-10-29-21-17(24)11-16(12-19(21)28-6-2)13-20-22(27)26-23(30-20)25-18-9-7-8-14(3)15(18)4/h1,7-9,11-13H,6,10H2,2-4H3,(H,25,26,27)/b20-13-. The van der Waals surface area contributed by atoms with Crippen molar-refractivity contribution in [2.45, 2.75) is 20.8 Å². The fourth-order valence-electron chi connectivity index (χ4n) is 2.79. The van der Waals surface area contributed by atoms with Crippen molar-refractivity contribution >= 4 is 46.2 Å². The molecule has 0 bridgehead atoms. The van der Waals surface area contributed by atoms with E-state index in [1.54, 1.807) is 18.2 Å². The van der Waals surface area contributed by atoms with Crippen molar-refractivity contribution in [3.8, 4) is 23.8 Å². The van der Waals surface area contributed by atoms with Gasteiger partial charge in [0.05, 0.1) is 22.2 Å². The van der Waals surface area contributed by atoms with E-state index in [-0.39, 0.29) is 12.5 Å². The van der Waals surface area contributed by atoms with Gasteiger partial charge in [0.1, 0.15) is 6.61 Å². The van der Waals surface area contributed by atoms with Crippen LogP contribution in [0.25, 0.3) is 6.08 Å². The fourth-order valence-corrected chi connectivity index (χ4v) is 3.89. The van der Waals surface area contributed by atoms with E-state index >= 15 is 0 Å². The van der Waals surface area contributed by atoms with Crippen molar-refractivity contribution < 1.29 is 14.3 Å². The SMILES string of the molecule is C#CCOc1c(Cl)cc(/C=C2\SC(=Nc3cccc(C)c3C)NC2=O)cc1OCC. The fraction of sp³-hybridized carbons (Fsp3) is 0.217. The summed E-state index contributed by atoms with van der Waals surface area (Å²) in [5.74, 6) is 3.05. The number of rotatable bonds is 6. The highest BCUT2D eigenvalue weighted by Gasteiger charge is 2.24. The van der Waals surface area contributed by atoms with Gasteiger partial charge in [-0.25, -0.2) is 4.99 Å². The summed E-state index contributed by atoms with van der Waals surface area (Å²) in [6.07, 6.45) is 7.00. The highest BCUT2D eigenvalue weighted by molar-refractivity contribution is 8.18. The van der Waals surface area contributed by atoms with Crippen LogP contribution in [0.2, 0.25) is 5.02 Å². The van der Waals surface area contributed by atoms with Gasteiger partial charge in [0.2, 0.25) is 0 Å². The molecule has 0 saturated carbocycles. The molecule has 0 spiro atoms. The maximum Gasteiger partial charge on any atom is 0.264 e. The quantitative estimate of drug-likeness (QED) is 0.491. The number of terminal acetylenes is 1. The summed E-state index contributed by atoms with van der Waals surface area (Å²) in [7, 11) is 0. The molecule has 1 aliphatic rings. The van der Waals surface area contributed by atoms with Gasteiger partial charge in [-0.1, -0.05) is 29.7 Å². The second-order valence-corrected chi connectivity index (χ2v) is 7.89. The summed E-state index contributed by atoms with van der Waals surface area (Å²) in [5.41, 5.74) is 3.76. The van der Waals surface area contributed by atoms with Crippen LogP contribution < -0.4 is 14.8 Å². The number of thioether (sulfide) groups is 1. The number of aryl methyl sites for hydroxylation is 1. The molecule has 0 atom stereocenters. The first-order valence-electron chi connectivity index (χ1n) is 9.31. The predicted molar refractivity (Wildman–Crippen MR) is 124 cm³/mol. The third-order valence-electron chi connectivity index (χ3n) is 4.38. The zero-order valence-electron chi connectivity index (χ0n) is 16.9. The summed E-state index contributed by atoms with van der Waals surface area (Å²) in [5, 5.41) is 3.70. The van der Waals surface area contributed by atoms with Gasteiger partial charge in [-0.05, 0) is 73.5 Å². The summed E-state index contributed by atoms with van der Waals surface area (Å²) >= 11 is 7.64. The molecule has 1 saturated heterocycles. The van der Waals surface area contributed by atoms with Crippen LogP contribution in [0, 0.1) is 26.2 Å². The molecular formula is C23H21ClN2O3S. The Morgan fingerprint density at radius 3 is 2.83 bits per heavy atom. The topological polar surface area (TPSA) is 59.9 Å². The molecule has 1 aliphatic heterocycles. The lowest BCUT2D eigenvalue weighted by Gasteiger charge is -2.13. The smallest absolute Gasteiger partial charge is 0.264 e. The van der Waals surface area contributed by atoms with Crippen LogP contribution in [-0.4, -0.2) is 24.3 Å². The Labute approximate surface area is 185 Å². The van der Waals surface area contributed by atoms with Gasteiger partial charge >= 0.3 is 0 Å². The maximum atomic E-state index is 12.4. The Balaban J connectivity index is 1.89. The van der Waals surface area contributed by atoms with E-state index in [0.29, 0.717) is 38.8 Å². The number of carbonyl (C=O) groups excluding carboxylic acids is 1. The van der Waals surface area contributed by atoms with Gasteiger partial charge in [-0.3, -0.25) is 4.79 Å². The van der Waals surface area contributed by atoms with Crippen molar-refractivity contribution in [2.75, 3.05) is 13.2 Å². The van der Waals surface area contributed by atoms with Crippen molar-refractivity contribution in [1.29, 1.82) is 0 Å². The largest absolute Gasteiger partial charge is 0.490 e. The average molecular weight is 441 g/mol. The molecule has 154 valence electrons. The summed E-state index contributed by atoms with van der Waals surface area (Å²) in [4.78, 5) is 17.5. The Morgan fingerprint density at radius 1 is 1.30 bits per heavy atom. The third kappa shape index (κ3) is 4.99. The predicted octanol–water partition coefficient (Wildman–Crippen LogP) is 5.26. The molecule has 0 radical (unpaired) electrons. The zero-order valence-corrected chi connectivity index (χ0v) is 18.5. The van der Waals surface area contributed by atoms with E-state index in [9.17, 15) is 4.79 Å². The number of amides is 1. The molecule has 1 N–H and O–H groups in total. The third-order valence-corrected chi connectivity index (χ3v) is 5.57. The van der Waals surface area contributed by atoms with Crippen LogP contribution in [0.3, 0.4) is 0 Å². The van der Waals surface area contributed by atoms with Crippen molar-refractivity contribution in [1.82, 2.24) is 5.32 Å². The number of carbonyl (C=O) groups is 1. The molecule has 2 aromatic carbocycles. The molecule has 30 heavy (non-hydrogen) atoms. The van der Waals surface area contributed by atoms with Crippen LogP contribution in [0.5, 0.6) is 11.5 Å². The number of aliphatic imine (C=N–C) groups is 1. The van der Waals surface area contributed by atoms with Gasteiger partial charge in [0.15, 0.2) is 16.7 Å². The Morgan fingerprint density at radius 2 is 2.10 bits per heavy atom.